The largest absolute Gasteiger partial charge is 0.488 e. The summed E-state index contributed by atoms with van der Waals surface area (Å²) in [6, 6.07) is 6.99. The number of ether oxygens (including phenoxy) is 1. The van der Waals surface area contributed by atoms with Crippen LogP contribution in [0.5, 0.6) is 5.75 Å². The minimum atomic E-state index is -0.901. The number of hydrogen-bond acceptors (Lipinski definition) is 5. The number of likely N-dealkylation sites (tertiary alicyclic amines) is 1. The second-order valence-electron chi connectivity index (χ2n) is 6.93. The van der Waals surface area contributed by atoms with Crippen LogP contribution in [0.2, 0.25) is 0 Å². The first kappa shape index (κ1) is 18.0. The van der Waals surface area contributed by atoms with Crippen LogP contribution in [0.15, 0.2) is 28.8 Å². The van der Waals surface area contributed by atoms with Crippen molar-refractivity contribution >= 4 is 11.9 Å². The van der Waals surface area contributed by atoms with Gasteiger partial charge in [-0.15, -0.1) is 0 Å². The normalized spacial score (nSPS) is 19.6. The van der Waals surface area contributed by atoms with Crippen LogP contribution in [-0.2, 0) is 11.4 Å². The highest BCUT2D eigenvalue weighted by Crippen LogP contribution is 2.32. The monoisotopic (exact) mass is 358 g/mol. The predicted octanol–water partition coefficient (Wildman–Crippen LogP) is 2.81. The van der Waals surface area contributed by atoms with Gasteiger partial charge >= 0.3 is 5.97 Å². The Bertz CT molecular complexity index is 825. The number of rotatable bonds is 5. The number of carboxylic acids is 1. The number of benzene rings is 1. The lowest BCUT2D eigenvalue weighted by molar-refractivity contribution is -0.147. The van der Waals surface area contributed by atoms with Gasteiger partial charge in [-0.25, -0.2) is 0 Å². The maximum absolute atomic E-state index is 12.9. The summed E-state index contributed by atoms with van der Waals surface area (Å²) < 4.78 is 11.0. The molecule has 138 valence electrons. The van der Waals surface area contributed by atoms with Crippen LogP contribution in [0.25, 0.3) is 0 Å². The smallest absolute Gasteiger partial charge is 0.311 e. The Kier molecular flexibility index (Phi) is 4.71. The van der Waals surface area contributed by atoms with Crippen molar-refractivity contribution in [3.8, 4) is 5.75 Å². The summed E-state index contributed by atoms with van der Waals surface area (Å²) in [6.07, 6.45) is 0.441. The molecule has 1 aliphatic rings. The topological polar surface area (TPSA) is 92.9 Å². The molecule has 0 unspecified atom stereocenters. The molecule has 26 heavy (non-hydrogen) atoms. The van der Waals surface area contributed by atoms with Gasteiger partial charge in [0.05, 0.1) is 22.2 Å². The molecule has 1 amide bonds. The molecule has 1 atom stereocenters. The third kappa shape index (κ3) is 3.29. The number of hydrogen-bond donors (Lipinski definition) is 1. The van der Waals surface area contributed by atoms with E-state index in [1.807, 2.05) is 13.8 Å². The molecule has 7 heteroatoms. The number of aromatic nitrogens is 1. The molecule has 1 aromatic carbocycles. The highest BCUT2D eigenvalue weighted by atomic mass is 16.5. The molecule has 0 radical (unpaired) electrons. The zero-order chi connectivity index (χ0) is 18.9. The van der Waals surface area contributed by atoms with Crippen molar-refractivity contribution in [2.75, 3.05) is 13.1 Å². The van der Waals surface area contributed by atoms with Crippen LogP contribution in [0.4, 0.5) is 0 Å². The van der Waals surface area contributed by atoms with Gasteiger partial charge in [-0.1, -0.05) is 17.3 Å². The lowest BCUT2D eigenvalue weighted by Crippen LogP contribution is -2.35. The van der Waals surface area contributed by atoms with Gasteiger partial charge in [0.1, 0.15) is 18.1 Å². The average Bonchev–Trinajstić information content (AvgIpc) is 3.17. The molecule has 2 heterocycles. The van der Waals surface area contributed by atoms with E-state index in [-0.39, 0.29) is 19.1 Å². The third-order valence-electron chi connectivity index (χ3n) is 4.95. The van der Waals surface area contributed by atoms with Crippen molar-refractivity contribution in [2.45, 2.75) is 33.8 Å². The summed E-state index contributed by atoms with van der Waals surface area (Å²) in [4.78, 5) is 25.9. The van der Waals surface area contributed by atoms with Crippen LogP contribution >= 0.6 is 0 Å². The van der Waals surface area contributed by atoms with Crippen LogP contribution in [0, 0.1) is 19.3 Å². The number of aliphatic carboxylic acids is 1. The highest BCUT2D eigenvalue weighted by molar-refractivity contribution is 5.97. The first-order valence-electron chi connectivity index (χ1n) is 8.48. The number of carbonyl (C=O) groups excluding carboxylic acids is 1. The number of para-hydroxylation sites is 1. The molecule has 0 saturated carbocycles. The number of aryl methyl sites for hydroxylation is 2. The Hall–Kier alpha value is -2.83. The summed E-state index contributed by atoms with van der Waals surface area (Å²) >= 11 is 0. The Morgan fingerprint density at radius 1 is 1.35 bits per heavy atom. The Morgan fingerprint density at radius 3 is 2.69 bits per heavy atom. The zero-order valence-corrected chi connectivity index (χ0v) is 15.1. The summed E-state index contributed by atoms with van der Waals surface area (Å²) in [5, 5.41) is 13.3. The lowest BCUT2D eigenvalue weighted by Gasteiger charge is -2.21. The molecule has 1 aliphatic heterocycles. The lowest BCUT2D eigenvalue weighted by atomic mass is 9.90. The SMILES string of the molecule is Cc1noc(C)c1COc1ccccc1C(=O)N1CC[C@](C)(C(=O)O)C1. The van der Waals surface area contributed by atoms with Gasteiger partial charge in [0.15, 0.2) is 0 Å². The quantitative estimate of drug-likeness (QED) is 0.883. The minimum Gasteiger partial charge on any atom is -0.488 e. The van der Waals surface area contributed by atoms with E-state index in [0.29, 0.717) is 30.0 Å². The molecule has 3 rings (SSSR count). The summed E-state index contributed by atoms with van der Waals surface area (Å²) in [5.41, 5.74) is 1.13. The first-order valence-corrected chi connectivity index (χ1v) is 8.48. The highest BCUT2D eigenvalue weighted by Gasteiger charge is 2.42. The van der Waals surface area contributed by atoms with Crippen molar-refractivity contribution in [2.24, 2.45) is 5.41 Å². The molecule has 1 saturated heterocycles. The predicted molar refractivity (Wildman–Crippen MR) is 93.0 cm³/mol. The molecular formula is C19H22N2O5. The van der Waals surface area contributed by atoms with Gasteiger partial charge in [-0.3, -0.25) is 9.59 Å². The van der Waals surface area contributed by atoms with Gasteiger partial charge < -0.3 is 19.3 Å². The van der Waals surface area contributed by atoms with E-state index in [1.54, 1.807) is 36.1 Å². The third-order valence-corrected chi connectivity index (χ3v) is 4.95. The Labute approximate surface area is 151 Å². The maximum atomic E-state index is 12.9. The summed E-state index contributed by atoms with van der Waals surface area (Å²) in [7, 11) is 0. The van der Waals surface area contributed by atoms with Gasteiger partial charge in [0.2, 0.25) is 0 Å². The second kappa shape index (κ2) is 6.82. The number of carbonyl (C=O) groups is 2. The van der Waals surface area contributed by atoms with Crippen molar-refractivity contribution in [1.82, 2.24) is 10.1 Å². The maximum Gasteiger partial charge on any atom is 0.311 e. The molecule has 7 nitrogen and oxygen atoms in total. The molecule has 1 fully saturated rings. The molecular weight excluding hydrogens is 336 g/mol. The fraction of sp³-hybridized carbons (Fsp3) is 0.421. The van der Waals surface area contributed by atoms with Crippen molar-refractivity contribution in [1.29, 1.82) is 0 Å². The van der Waals surface area contributed by atoms with Gasteiger partial charge in [-0.05, 0) is 39.3 Å². The van der Waals surface area contributed by atoms with Gasteiger partial charge in [0.25, 0.3) is 5.91 Å². The minimum absolute atomic E-state index is 0.194. The molecule has 0 aliphatic carbocycles. The van der Waals surface area contributed by atoms with E-state index in [0.717, 1.165) is 11.3 Å². The summed E-state index contributed by atoms with van der Waals surface area (Å²) in [6.45, 7) is 6.18. The molecule has 0 bridgehead atoms. The zero-order valence-electron chi connectivity index (χ0n) is 15.1. The fourth-order valence-corrected chi connectivity index (χ4v) is 3.11. The number of carboxylic acid groups (broad SMARTS) is 1. The Morgan fingerprint density at radius 2 is 2.08 bits per heavy atom. The molecule has 0 spiro atoms. The van der Waals surface area contributed by atoms with Crippen LogP contribution in [0.3, 0.4) is 0 Å². The van der Waals surface area contributed by atoms with Gasteiger partial charge in [0, 0.05) is 13.1 Å². The molecule has 1 aromatic heterocycles. The van der Waals surface area contributed by atoms with E-state index in [9.17, 15) is 14.7 Å². The number of nitrogens with zero attached hydrogens (tertiary/aromatic N) is 2. The van der Waals surface area contributed by atoms with Crippen LogP contribution < -0.4 is 4.74 Å². The standard InChI is InChI=1S/C19H22N2O5/c1-12-15(13(2)26-20-12)10-25-16-7-5-4-6-14(16)17(22)21-9-8-19(3,11-21)18(23)24/h4-7H,8-11H2,1-3H3,(H,23,24)/t19-/m0/s1. The van der Waals surface area contributed by atoms with Crippen LogP contribution in [0.1, 0.15) is 40.7 Å². The van der Waals surface area contributed by atoms with Crippen molar-refractivity contribution < 1.29 is 24.0 Å². The number of amides is 1. The van der Waals surface area contributed by atoms with E-state index in [2.05, 4.69) is 5.16 Å². The van der Waals surface area contributed by atoms with E-state index < -0.39 is 11.4 Å². The fourth-order valence-electron chi connectivity index (χ4n) is 3.11. The Balaban J connectivity index is 1.77. The molecule has 2 aromatic rings. The first-order chi connectivity index (χ1) is 12.3. The van der Waals surface area contributed by atoms with E-state index in [4.69, 9.17) is 9.26 Å². The van der Waals surface area contributed by atoms with E-state index in [1.165, 1.54) is 0 Å². The van der Waals surface area contributed by atoms with Crippen molar-refractivity contribution in [3.63, 3.8) is 0 Å². The summed E-state index contributed by atoms with van der Waals surface area (Å²) in [5.74, 6) is 0.0459. The van der Waals surface area contributed by atoms with Crippen molar-refractivity contribution in [3.05, 3.63) is 46.8 Å². The van der Waals surface area contributed by atoms with Crippen LogP contribution in [-0.4, -0.2) is 40.1 Å². The second-order valence-corrected chi connectivity index (χ2v) is 6.93. The van der Waals surface area contributed by atoms with E-state index >= 15 is 0 Å². The molecule has 1 N–H and O–H groups in total. The average molecular weight is 358 g/mol. The van der Waals surface area contributed by atoms with Gasteiger partial charge in [-0.2, -0.15) is 0 Å².